The Hall–Kier alpha value is -0.890. The van der Waals surface area contributed by atoms with Crippen molar-refractivity contribution in [3.63, 3.8) is 0 Å². The fourth-order valence-corrected chi connectivity index (χ4v) is 1.58. The normalized spacial score (nSPS) is 28.5. The van der Waals surface area contributed by atoms with Crippen LogP contribution in [0.25, 0.3) is 0 Å². The maximum absolute atomic E-state index is 13.0. The predicted octanol–water partition coefficient (Wildman–Crippen LogP) is 1.58. The van der Waals surface area contributed by atoms with Crippen molar-refractivity contribution >= 4 is 0 Å². The van der Waals surface area contributed by atoms with Gasteiger partial charge in [0, 0.05) is 6.42 Å². The van der Waals surface area contributed by atoms with E-state index in [9.17, 15) is 4.39 Å². The van der Waals surface area contributed by atoms with Crippen molar-refractivity contribution < 1.29 is 4.39 Å². The second kappa shape index (κ2) is 2.31. The minimum absolute atomic E-state index is 0.397. The molecule has 2 heteroatoms. The summed E-state index contributed by atoms with van der Waals surface area (Å²) in [6.07, 6.45) is -0.399. The van der Waals surface area contributed by atoms with Crippen LogP contribution < -0.4 is 5.73 Å². The van der Waals surface area contributed by atoms with E-state index in [4.69, 9.17) is 5.73 Å². The molecule has 0 bridgehead atoms. The van der Waals surface area contributed by atoms with E-state index < -0.39 is 12.2 Å². The molecule has 0 unspecified atom stereocenters. The highest BCUT2D eigenvalue weighted by molar-refractivity contribution is 5.35. The first kappa shape index (κ1) is 6.80. The van der Waals surface area contributed by atoms with E-state index in [-0.39, 0.29) is 0 Å². The molecular formula is C9H10FN. The highest BCUT2D eigenvalue weighted by Crippen LogP contribution is 2.30. The molecule has 0 aliphatic heterocycles. The SMILES string of the molecule is N[C@H]1c2ccccc2C[C@H]1F. The van der Waals surface area contributed by atoms with E-state index in [1.54, 1.807) is 0 Å². The van der Waals surface area contributed by atoms with E-state index in [0.29, 0.717) is 6.42 Å². The molecule has 0 aromatic heterocycles. The van der Waals surface area contributed by atoms with E-state index in [2.05, 4.69) is 0 Å². The Balaban J connectivity index is 2.47. The summed E-state index contributed by atoms with van der Waals surface area (Å²) in [4.78, 5) is 0. The summed E-state index contributed by atoms with van der Waals surface area (Å²) in [5, 5.41) is 0. The Morgan fingerprint density at radius 3 is 2.82 bits per heavy atom. The fourth-order valence-electron chi connectivity index (χ4n) is 1.58. The van der Waals surface area contributed by atoms with Gasteiger partial charge in [0.15, 0.2) is 0 Å². The number of nitrogens with two attached hydrogens (primary N) is 1. The molecule has 1 aromatic carbocycles. The van der Waals surface area contributed by atoms with E-state index in [1.165, 1.54) is 0 Å². The minimum atomic E-state index is -0.882. The lowest BCUT2D eigenvalue weighted by Crippen LogP contribution is -2.17. The summed E-state index contributed by atoms with van der Waals surface area (Å²) < 4.78 is 13.0. The summed E-state index contributed by atoms with van der Waals surface area (Å²) in [6.45, 7) is 0. The topological polar surface area (TPSA) is 26.0 Å². The molecule has 1 aliphatic rings. The van der Waals surface area contributed by atoms with E-state index >= 15 is 0 Å². The lowest BCUT2D eigenvalue weighted by Gasteiger charge is -2.05. The van der Waals surface area contributed by atoms with Crippen LogP contribution in [0.1, 0.15) is 17.2 Å². The molecule has 0 heterocycles. The van der Waals surface area contributed by atoms with Crippen molar-refractivity contribution in [2.45, 2.75) is 18.6 Å². The lowest BCUT2D eigenvalue weighted by atomic mass is 10.1. The molecule has 2 rings (SSSR count). The van der Waals surface area contributed by atoms with Crippen molar-refractivity contribution in [2.24, 2.45) is 5.73 Å². The van der Waals surface area contributed by atoms with Crippen molar-refractivity contribution in [3.05, 3.63) is 35.4 Å². The molecule has 0 fully saturated rings. The van der Waals surface area contributed by atoms with E-state index in [0.717, 1.165) is 11.1 Å². The van der Waals surface area contributed by atoms with Crippen LogP contribution in [-0.4, -0.2) is 6.17 Å². The number of hydrogen-bond donors (Lipinski definition) is 1. The van der Waals surface area contributed by atoms with Crippen molar-refractivity contribution in [3.8, 4) is 0 Å². The van der Waals surface area contributed by atoms with Gasteiger partial charge in [-0.1, -0.05) is 24.3 Å². The smallest absolute Gasteiger partial charge is 0.123 e. The zero-order valence-electron chi connectivity index (χ0n) is 6.13. The molecule has 11 heavy (non-hydrogen) atoms. The molecule has 0 radical (unpaired) electrons. The van der Waals surface area contributed by atoms with Gasteiger partial charge in [-0.05, 0) is 11.1 Å². The standard InChI is InChI=1S/C9H10FN/c10-8-5-6-3-1-2-4-7(6)9(8)11/h1-4,8-9H,5,11H2/t8-,9+/m1/s1. The van der Waals surface area contributed by atoms with Gasteiger partial charge in [0.2, 0.25) is 0 Å². The second-order valence-electron chi connectivity index (χ2n) is 2.94. The van der Waals surface area contributed by atoms with Crippen LogP contribution >= 0.6 is 0 Å². The largest absolute Gasteiger partial charge is 0.322 e. The van der Waals surface area contributed by atoms with Crippen molar-refractivity contribution in [2.75, 3.05) is 0 Å². The van der Waals surface area contributed by atoms with Gasteiger partial charge in [-0.2, -0.15) is 0 Å². The molecule has 2 atom stereocenters. The first-order chi connectivity index (χ1) is 5.29. The molecule has 0 saturated heterocycles. The average molecular weight is 151 g/mol. The van der Waals surface area contributed by atoms with Gasteiger partial charge < -0.3 is 5.73 Å². The Morgan fingerprint density at radius 1 is 1.36 bits per heavy atom. The lowest BCUT2D eigenvalue weighted by molar-refractivity contribution is 0.303. The second-order valence-corrected chi connectivity index (χ2v) is 2.94. The predicted molar refractivity (Wildman–Crippen MR) is 42.0 cm³/mol. The van der Waals surface area contributed by atoms with Crippen molar-refractivity contribution in [1.82, 2.24) is 0 Å². The molecule has 0 spiro atoms. The maximum Gasteiger partial charge on any atom is 0.123 e. The maximum atomic E-state index is 13.0. The Morgan fingerprint density at radius 2 is 2.09 bits per heavy atom. The number of benzene rings is 1. The summed E-state index contributed by atoms with van der Waals surface area (Å²) in [6, 6.07) is 7.26. The molecule has 1 aromatic rings. The number of hydrogen-bond acceptors (Lipinski definition) is 1. The van der Waals surface area contributed by atoms with Crippen molar-refractivity contribution in [1.29, 1.82) is 0 Å². The highest BCUT2D eigenvalue weighted by atomic mass is 19.1. The van der Waals surface area contributed by atoms with Crippen LogP contribution in [0.5, 0.6) is 0 Å². The quantitative estimate of drug-likeness (QED) is 0.598. The minimum Gasteiger partial charge on any atom is -0.322 e. The van der Waals surface area contributed by atoms with Gasteiger partial charge in [0.05, 0.1) is 6.04 Å². The molecule has 0 amide bonds. The summed E-state index contributed by atoms with van der Waals surface area (Å²) in [5.41, 5.74) is 7.65. The van der Waals surface area contributed by atoms with Gasteiger partial charge in [0.25, 0.3) is 0 Å². The molecule has 1 aliphatic carbocycles. The highest BCUT2D eigenvalue weighted by Gasteiger charge is 2.28. The first-order valence-electron chi connectivity index (χ1n) is 3.76. The van der Waals surface area contributed by atoms with Crippen LogP contribution in [0.2, 0.25) is 0 Å². The zero-order chi connectivity index (χ0) is 7.84. The van der Waals surface area contributed by atoms with Crippen LogP contribution in [0, 0.1) is 0 Å². The monoisotopic (exact) mass is 151 g/mol. The third kappa shape index (κ3) is 0.942. The molecule has 2 N–H and O–H groups in total. The van der Waals surface area contributed by atoms with Gasteiger partial charge in [-0.3, -0.25) is 0 Å². The number of halogens is 1. The first-order valence-corrected chi connectivity index (χ1v) is 3.76. The molecular weight excluding hydrogens is 141 g/mol. The van der Waals surface area contributed by atoms with Crippen LogP contribution in [0.4, 0.5) is 4.39 Å². The third-order valence-corrected chi connectivity index (χ3v) is 2.22. The summed E-state index contributed by atoms with van der Waals surface area (Å²) in [7, 11) is 0. The zero-order valence-corrected chi connectivity index (χ0v) is 6.13. The Bertz CT molecular complexity index is 272. The van der Waals surface area contributed by atoms with Gasteiger partial charge >= 0.3 is 0 Å². The molecule has 58 valence electrons. The summed E-state index contributed by atoms with van der Waals surface area (Å²) in [5.74, 6) is 0. The van der Waals surface area contributed by atoms with Crippen LogP contribution in [0.3, 0.4) is 0 Å². The van der Waals surface area contributed by atoms with Gasteiger partial charge in [-0.25, -0.2) is 4.39 Å². The van der Waals surface area contributed by atoms with Crippen LogP contribution in [-0.2, 0) is 6.42 Å². The third-order valence-electron chi connectivity index (χ3n) is 2.22. The Kier molecular flexibility index (Phi) is 1.43. The fraction of sp³-hybridized carbons (Fsp3) is 0.333. The number of alkyl halides is 1. The van der Waals surface area contributed by atoms with E-state index in [1.807, 2.05) is 24.3 Å². The number of fused-ring (bicyclic) bond motifs is 1. The van der Waals surface area contributed by atoms with Crippen LogP contribution in [0.15, 0.2) is 24.3 Å². The van der Waals surface area contributed by atoms with Gasteiger partial charge in [-0.15, -0.1) is 0 Å². The van der Waals surface area contributed by atoms with Gasteiger partial charge in [0.1, 0.15) is 6.17 Å². The number of rotatable bonds is 0. The molecule has 1 nitrogen and oxygen atoms in total. The Labute approximate surface area is 65.0 Å². The average Bonchev–Trinajstić information content (AvgIpc) is 2.30. The molecule has 0 saturated carbocycles. The summed E-state index contributed by atoms with van der Waals surface area (Å²) >= 11 is 0.